The van der Waals surface area contributed by atoms with Gasteiger partial charge in [0.2, 0.25) is 5.91 Å². The first-order valence-electron chi connectivity index (χ1n) is 5.62. The van der Waals surface area contributed by atoms with Gasteiger partial charge >= 0.3 is 0 Å². The Morgan fingerprint density at radius 3 is 3.18 bits per heavy atom. The van der Waals surface area contributed by atoms with E-state index in [0.29, 0.717) is 6.54 Å². The van der Waals surface area contributed by atoms with Crippen LogP contribution in [0.5, 0.6) is 0 Å². The summed E-state index contributed by atoms with van der Waals surface area (Å²) in [5.41, 5.74) is 1.11. The number of hydrogen-bond acceptors (Lipinski definition) is 4. The number of aromatic nitrogens is 2. The van der Waals surface area contributed by atoms with Gasteiger partial charge in [-0.05, 0) is 13.8 Å². The number of amides is 1. The van der Waals surface area contributed by atoms with Crippen LogP contribution in [-0.2, 0) is 4.79 Å². The maximum atomic E-state index is 11.4. The van der Waals surface area contributed by atoms with Gasteiger partial charge in [0, 0.05) is 17.6 Å². The molecule has 2 unspecified atom stereocenters. The molecule has 0 aliphatic carbocycles. The van der Waals surface area contributed by atoms with Crippen molar-refractivity contribution in [2.24, 2.45) is 0 Å². The highest BCUT2D eigenvalue weighted by Gasteiger charge is 2.27. The number of carbonyl (C=O) groups is 1. The Kier molecular flexibility index (Phi) is 2.41. The van der Waals surface area contributed by atoms with E-state index < -0.39 is 0 Å². The van der Waals surface area contributed by atoms with Gasteiger partial charge in [-0.3, -0.25) is 14.5 Å². The molecule has 2 aromatic rings. The van der Waals surface area contributed by atoms with Crippen LogP contribution in [0.25, 0.3) is 4.96 Å². The molecule has 3 rings (SSSR count). The van der Waals surface area contributed by atoms with Gasteiger partial charge in [-0.2, -0.15) is 0 Å². The van der Waals surface area contributed by atoms with E-state index in [4.69, 9.17) is 0 Å². The van der Waals surface area contributed by atoms with E-state index in [1.165, 1.54) is 4.88 Å². The molecule has 1 aliphatic heterocycles. The second-order valence-corrected chi connectivity index (χ2v) is 5.58. The lowest BCUT2D eigenvalue weighted by Gasteiger charge is -2.28. The lowest BCUT2D eigenvalue weighted by molar-refractivity contribution is -0.124. The van der Waals surface area contributed by atoms with Crippen LogP contribution >= 0.6 is 11.3 Å². The number of carbonyl (C=O) groups excluding carboxylic acids is 1. The largest absolute Gasteiger partial charge is 0.353 e. The molecule has 0 aromatic carbocycles. The van der Waals surface area contributed by atoms with E-state index in [1.54, 1.807) is 11.3 Å². The highest BCUT2D eigenvalue weighted by molar-refractivity contribution is 7.16. The standard InChI is InChI=1S/C11H14N4OS/c1-6-5-15-9(4-13-11(15)17-6)8-3-12-10(16)7(2)14-8/h4-5,7-8,14H,3H2,1-2H3,(H,12,16). The third kappa shape index (κ3) is 1.73. The molecule has 1 amide bonds. The van der Waals surface area contributed by atoms with E-state index >= 15 is 0 Å². The minimum absolute atomic E-state index is 0.0588. The molecule has 5 nitrogen and oxygen atoms in total. The number of rotatable bonds is 1. The highest BCUT2D eigenvalue weighted by Crippen LogP contribution is 2.22. The van der Waals surface area contributed by atoms with Gasteiger partial charge in [-0.25, -0.2) is 4.98 Å². The van der Waals surface area contributed by atoms with E-state index in [0.717, 1.165) is 10.7 Å². The molecule has 17 heavy (non-hydrogen) atoms. The van der Waals surface area contributed by atoms with E-state index in [9.17, 15) is 4.79 Å². The van der Waals surface area contributed by atoms with Crippen LogP contribution in [-0.4, -0.2) is 27.9 Å². The first-order chi connectivity index (χ1) is 8.15. The fraction of sp³-hybridized carbons (Fsp3) is 0.455. The van der Waals surface area contributed by atoms with Crippen molar-refractivity contribution < 1.29 is 4.79 Å². The molecule has 1 aliphatic rings. The second-order valence-electron chi connectivity index (χ2n) is 4.36. The van der Waals surface area contributed by atoms with Crippen LogP contribution in [0.1, 0.15) is 23.5 Å². The lowest BCUT2D eigenvalue weighted by Crippen LogP contribution is -2.53. The molecule has 0 bridgehead atoms. The quantitative estimate of drug-likeness (QED) is 0.789. The molecule has 2 aromatic heterocycles. The predicted octanol–water partition coefficient (Wildman–Crippen LogP) is 0.853. The summed E-state index contributed by atoms with van der Waals surface area (Å²) in [4.78, 5) is 18.0. The van der Waals surface area contributed by atoms with E-state index in [1.807, 2.05) is 13.1 Å². The minimum atomic E-state index is -0.154. The summed E-state index contributed by atoms with van der Waals surface area (Å²) in [5, 5.41) is 6.20. The minimum Gasteiger partial charge on any atom is -0.353 e. The number of thiazole rings is 1. The summed E-state index contributed by atoms with van der Waals surface area (Å²) < 4.78 is 2.10. The Bertz CT molecular complexity index is 573. The van der Waals surface area contributed by atoms with Crippen LogP contribution < -0.4 is 10.6 Å². The molecule has 2 atom stereocenters. The molecule has 1 saturated heterocycles. The number of piperazine rings is 1. The number of nitrogens with one attached hydrogen (secondary N) is 2. The molecule has 2 N–H and O–H groups in total. The van der Waals surface area contributed by atoms with Crippen LogP contribution in [0.3, 0.4) is 0 Å². The zero-order chi connectivity index (χ0) is 12.0. The monoisotopic (exact) mass is 250 g/mol. The van der Waals surface area contributed by atoms with Gasteiger partial charge in [0.15, 0.2) is 4.96 Å². The molecule has 90 valence electrons. The number of fused-ring (bicyclic) bond motifs is 1. The molecular weight excluding hydrogens is 236 g/mol. The zero-order valence-corrected chi connectivity index (χ0v) is 10.5. The summed E-state index contributed by atoms with van der Waals surface area (Å²) in [7, 11) is 0. The number of nitrogens with zero attached hydrogens (tertiary/aromatic N) is 2. The summed E-state index contributed by atoms with van der Waals surface area (Å²) in [6.07, 6.45) is 3.97. The Balaban J connectivity index is 1.95. The van der Waals surface area contributed by atoms with Gasteiger partial charge in [0.25, 0.3) is 0 Å². The first-order valence-corrected chi connectivity index (χ1v) is 6.44. The van der Waals surface area contributed by atoms with Gasteiger partial charge in [-0.1, -0.05) is 0 Å². The number of imidazole rings is 1. The van der Waals surface area contributed by atoms with Gasteiger partial charge < -0.3 is 5.32 Å². The fourth-order valence-electron chi connectivity index (χ4n) is 2.15. The van der Waals surface area contributed by atoms with Crippen molar-refractivity contribution in [3.05, 3.63) is 23.0 Å². The average Bonchev–Trinajstić information content (AvgIpc) is 2.81. The molecule has 3 heterocycles. The zero-order valence-electron chi connectivity index (χ0n) is 9.73. The maximum absolute atomic E-state index is 11.4. The molecular formula is C11H14N4OS. The van der Waals surface area contributed by atoms with Gasteiger partial charge in [0.1, 0.15) is 0 Å². The molecule has 1 fully saturated rings. The van der Waals surface area contributed by atoms with Crippen LogP contribution in [0.4, 0.5) is 0 Å². The van der Waals surface area contributed by atoms with Gasteiger partial charge in [0.05, 0.1) is 24.0 Å². The Labute approximate surface area is 103 Å². The maximum Gasteiger partial charge on any atom is 0.236 e. The summed E-state index contributed by atoms with van der Waals surface area (Å²) in [6, 6.07) is -0.0225. The smallest absolute Gasteiger partial charge is 0.236 e. The van der Waals surface area contributed by atoms with Crippen LogP contribution in [0, 0.1) is 6.92 Å². The third-order valence-corrected chi connectivity index (χ3v) is 3.95. The van der Waals surface area contributed by atoms with Gasteiger partial charge in [-0.15, -0.1) is 11.3 Å². The number of aryl methyl sites for hydroxylation is 1. The summed E-state index contributed by atoms with van der Waals surface area (Å²) >= 11 is 1.68. The predicted molar refractivity (Wildman–Crippen MR) is 66.2 cm³/mol. The SMILES string of the molecule is Cc1cn2c(C3CNC(=O)C(C)N3)cnc2s1. The average molecular weight is 250 g/mol. The van der Waals surface area contributed by atoms with Crippen LogP contribution in [0.2, 0.25) is 0 Å². The van der Waals surface area contributed by atoms with E-state index in [2.05, 4.69) is 33.1 Å². The normalized spacial score (nSPS) is 25.2. The first kappa shape index (κ1) is 10.7. The Hall–Kier alpha value is -1.40. The molecule has 0 saturated carbocycles. The second kappa shape index (κ2) is 3.82. The lowest BCUT2D eigenvalue weighted by atomic mass is 10.1. The topological polar surface area (TPSA) is 58.4 Å². The van der Waals surface area contributed by atoms with Crippen molar-refractivity contribution in [2.45, 2.75) is 25.9 Å². The van der Waals surface area contributed by atoms with Crippen molar-refractivity contribution in [1.29, 1.82) is 0 Å². The van der Waals surface area contributed by atoms with E-state index in [-0.39, 0.29) is 18.0 Å². The van der Waals surface area contributed by atoms with Crippen molar-refractivity contribution in [3.63, 3.8) is 0 Å². The molecule has 0 spiro atoms. The number of hydrogen-bond donors (Lipinski definition) is 2. The summed E-state index contributed by atoms with van der Waals surface area (Å²) in [5.74, 6) is 0.0588. The Morgan fingerprint density at radius 2 is 2.41 bits per heavy atom. The summed E-state index contributed by atoms with van der Waals surface area (Å²) in [6.45, 7) is 4.56. The fourth-order valence-corrected chi connectivity index (χ4v) is 2.96. The van der Waals surface area contributed by atoms with Crippen LogP contribution in [0.15, 0.2) is 12.4 Å². The van der Waals surface area contributed by atoms with Crippen molar-refractivity contribution >= 4 is 22.2 Å². The third-order valence-electron chi connectivity index (χ3n) is 3.04. The van der Waals surface area contributed by atoms with Crippen molar-refractivity contribution in [2.75, 3.05) is 6.54 Å². The highest BCUT2D eigenvalue weighted by atomic mass is 32.1. The van der Waals surface area contributed by atoms with Crippen molar-refractivity contribution in [1.82, 2.24) is 20.0 Å². The Morgan fingerprint density at radius 1 is 1.59 bits per heavy atom. The van der Waals surface area contributed by atoms with Crippen molar-refractivity contribution in [3.8, 4) is 0 Å². The molecule has 0 radical (unpaired) electrons. The molecule has 6 heteroatoms.